The number of carbonyl (C=O) groups excluding carboxylic acids is 2. The fourth-order valence-electron chi connectivity index (χ4n) is 3.86. The molecule has 0 aliphatic carbocycles. The molecule has 0 radical (unpaired) electrons. The molecule has 33 heavy (non-hydrogen) atoms. The van der Waals surface area contributed by atoms with E-state index in [0.29, 0.717) is 48.4 Å². The number of aryl methyl sites for hydroxylation is 1. The van der Waals surface area contributed by atoms with Gasteiger partial charge >= 0.3 is 6.09 Å². The molecule has 0 spiro atoms. The van der Waals surface area contributed by atoms with Crippen LogP contribution in [0.5, 0.6) is 0 Å². The second-order valence-corrected chi connectivity index (χ2v) is 8.31. The Morgan fingerprint density at radius 1 is 1.33 bits per heavy atom. The van der Waals surface area contributed by atoms with Gasteiger partial charge in [0.25, 0.3) is 0 Å². The van der Waals surface area contributed by atoms with Crippen molar-refractivity contribution in [3.63, 3.8) is 0 Å². The molecule has 2 saturated heterocycles. The van der Waals surface area contributed by atoms with Gasteiger partial charge in [-0.3, -0.25) is 14.8 Å². The van der Waals surface area contributed by atoms with Gasteiger partial charge in [0.15, 0.2) is 0 Å². The number of nitrogens with zero attached hydrogens (tertiary/aromatic N) is 5. The van der Waals surface area contributed by atoms with Crippen molar-refractivity contribution in [3.8, 4) is 0 Å². The molecule has 1 aromatic carbocycles. The summed E-state index contributed by atoms with van der Waals surface area (Å²) in [6.45, 7) is 6.28. The molecular weight excluding hydrogens is 449 g/mol. The van der Waals surface area contributed by atoms with Crippen LogP contribution < -0.4 is 15.1 Å². The molecule has 2 aliphatic heterocycles. The van der Waals surface area contributed by atoms with Gasteiger partial charge in [0, 0.05) is 39.5 Å². The van der Waals surface area contributed by atoms with Gasteiger partial charge in [0.2, 0.25) is 11.7 Å². The average Bonchev–Trinajstić information content (AvgIpc) is 3.44. The lowest BCUT2D eigenvalue weighted by atomic mass is 10.2. The number of hydrogen-bond donors (Lipinski definition) is 2. The van der Waals surface area contributed by atoms with Crippen molar-refractivity contribution in [2.75, 3.05) is 49.1 Å². The van der Waals surface area contributed by atoms with E-state index in [2.05, 4.69) is 20.5 Å². The second-order valence-electron chi connectivity index (χ2n) is 7.93. The first-order valence-electron chi connectivity index (χ1n) is 10.8. The van der Waals surface area contributed by atoms with E-state index in [1.54, 1.807) is 12.1 Å². The molecule has 2 aliphatic rings. The Kier molecular flexibility index (Phi) is 6.72. The third-order valence-electron chi connectivity index (χ3n) is 5.66. The number of aromatic nitrogens is 3. The molecular formula is C21H26FN7O3S. The summed E-state index contributed by atoms with van der Waals surface area (Å²) in [6, 6.07) is 4.72. The lowest BCUT2D eigenvalue weighted by Crippen LogP contribution is -2.49. The number of H-pyrrole nitrogens is 1. The molecule has 2 amide bonds. The number of hydrogen-bond acceptors (Lipinski definition) is 7. The number of rotatable bonds is 6. The summed E-state index contributed by atoms with van der Waals surface area (Å²) in [7, 11) is 0. The van der Waals surface area contributed by atoms with E-state index in [9.17, 15) is 14.0 Å². The van der Waals surface area contributed by atoms with Crippen molar-refractivity contribution >= 4 is 40.6 Å². The summed E-state index contributed by atoms with van der Waals surface area (Å²) >= 11 is 5.53. The first-order valence-corrected chi connectivity index (χ1v) is 11.2. The van der Waals surface area contributed by atoms with Gasteiger partial charge in [0.05, 0.1) is 24.5 Å². The highest BCUT2D eigenvalue weighted by Crippen LogP contribution is 2.28. The third-order valence-corrected chi connectivity index (χ3v) is 6.10. The number of anilines is 2. The number of halogens is 1. The van der Waals surface area contributed by atoms with Crippen LogP contribution in [0.4, 0.5) is 20.6 Å². The third kappa shape index (κ3) is 5.05. The predicted octanol–water partition coefficient (Wildman–Crippen LogP) is 1.47. The fourth-order valence-corrected chi connectivity index (χ4v) is 4.13. The first kappa shape index (κ1) is 22.9. The Bertz CT molecular complexity index is 1050. The van der Waals surface area contributed by atoms with E-state index in [1.165, 1.54) is 17.9 Å². The zero-order valence-electron chi connectivity index (χ0n) is 18.5. The van der Waals surface area contributed by atoms with Crippen molar-refractivity contribution in [3.05, 3.63) is 35.7 Å². The maximum Gasteiger partial charge on any atom is 0.414 e. The number of piperazine rings is 1. The average molecular weight is 476 g/mol. The van der Waals surface area contributed by atoms with E-state index < -0.39 is 18.0 Å². The van der Waals surface area contributed by atoms with E-state index in [4.69, 9.17) is 17.0 Å². The normalized spacial score (nSPS) is 18.5. The van der Waals surface area contributed by atoms with Crippen LogP contribution in [-0.2, 0) is 16.0 Å². The molecule has 2 N–H and O–H groups in total. The molecule has 0 saturated carbocycles. The Hall–Kier alpha value is -3.28. The Morgan fingerprint density at radius 2 is 2.09 bits per heavy atom. The summed E-state index contributed by atoms with van der Waals surface area (Å²) in [6.07, 6.45) is -0.277. The van der Waals surface area contributed by atoms with Crippen LogP contribution in [0.25, 0.3) is 0 Å². The zero-order chi connectivity index (χ0) is 23.5. The van der Waals surface area contributed by atoms with Crippen LogP contribution in [-0.4, -0.2) is 82.4 Å². The number of ether oxygens (including phenoxy) is 1. The molecule has 2 aromatic rings. The van der Waals surface area contributed by atoms with Crippen LogP contribution in [0.2, 0.25) is 0 Å². The number of amides is 2. The monoisotopic (exact) mass is 475 g/mol. The predicted molar refractivity (Wildman–Crippen MR) is 124 cm³/mol. The summed E-state index contributed by atoms with van der Waals surface area (Å²) in [5.74, 6) is 0.687. The summed E-state index contributed by atoms with van der Waals surface area (Å²) < 4.78 is 20.2. The van der Waals surface area contributed by atoms with Crippen LogP contribution >= 0.6 is 12.2 Å². The molecule has 1 aromatic heterocycles. The van der Waals surface area contributed by atoms with Crippen LogP contribution in [0.1, 0.15) is 25.5 Å². The first-order chi connectivity index (χ1) is 15.9. The fraction of sp³-hybridized carbons (Fsp3) is 0.476. The molecule has 176 valence electrons. The number of aromatic amines is 1. The Balaban J connectivity index is 1.36. The van der Waals surface area contributed by atoms with E-state index >= 15 is 0 Å². The summed E-state index contributed by atoms with van der Waals surface area (Å²) in [5, 5.41) is 9.67. The van der Waals surface area contributed by atoms with Crippen molar-refractivity contribution in [2.45, 2.75) is 26.4 Å². The molecule has 2 fully saturated rings. The highest BCUT2D eigenvalue weighted by atomic mass is 32.1. The van der Waals surface area contributed by atoms with Gasteiger partial charge in [0.1, 0.15) is 22.7 Å². The van der Waals surface area contributed by atoms with Crippen LogP contribution in [0, 0.1) is 5.82 Å². The number of nitrogens with one attached hydrogen (secondary N) is 2. The minimum Gasteiger partial charge on any atom is -0.442 e. The van der Waals surface area contributed by atoms with Gasteiger partial charge in [-0.05, 0) is 18.2 Å². The Morgan fingerprint density at radius 3 is 2.73 bits per heavy atom. The van der Waals surface area contributed by atoms with Gasteiger partial charge in [-0.25, -0.2) is 14.2 Å². The van der Waals surface area contributed by atoms with Gasteiger partial charge in [-0.1, -0.05) is 19.1 Å². The lowest BCUT2D eigenvalue weighted by Gasteiger charge is -2.37. The largest absolute Gasteiger partial charge is 0.442 e. The second kappa shape index (κ2) is 9.69. The minimum atomic E-state index is -0.558. The highest BCUT2D eigenvalue weighted by molar-refractivity contribution is 7.80. The molecule has 1 atom stereocenters. The summed E-state index contributed by atoms with van der Waals surface area (Å²) in [4.78, 5) is 33.6. The number of benzene rings is 1. The van der Waals surface area contributed by atoms with Gasteiger partial charge in [-0.15, -0.1) is 0 Å². The Labute approximate surface area is 196 Å². The van der Waals surface area contributed by atoms with E-state index in [0.717, 1.165) is 12.2 Å². The van der Waals surface area contributed by atoms with Gasteiger partial charge in [-0.2, -0.15) is 5.10 Å². The summed E-state index contributed by atoms with van der Waals surface area (Å²) in [5.41, 5.74) is 0.889. The molecule has 12 heteroatoms. The van der Waals surface area contributed by atoms with Crippen molar-refractivity contribution in [1.29, 1.82) is 0 Å². The minimum absolute atomic E-state index is 0.202. The molecule has 10 nitrogen and oxygen atoms in total. The van der Waals surface area contributed by atoms with Crippen molar-refractivity contribution < 1.29 is 18.7 Å². The maximum atomic E-state index is 15.0. The molecule has 4 rings (SSSR count). The van der Waals surface area contributed by atoms with E-state index in [1.807, 2.05) is 16.7 Å². The van der Waals surface area contributed by atoms with Crippen LogP contribution in [0.3, 0.4) is 0 Å². The molecule has 1 unspecified atom stereocenters. The van der Waals surface area contributed by atoms with Crippen molar-refractivity contribution in [2.24, 2.45) is 0 Å². The topological polar surface area (TPSA) is 107 Å². The molecule has 0 bridgehead atoms. The maximum absolute atomic E-state index is 15.0. The van der Waals surface area contributed by atoms with Crippen LogP contribution in [0.15, 0.2) is 18.2 Å². The number of thiocarbonyl (C=S) groups is 1. The van der Waals surface area contributed by atoms with Gasteiger partial charge < -0.3 is 19.9 Å². The quantitative estimate of drug-likeness (QED) is 0.605. The number of carbonyl (C=O) groups is 2. The van der Waals surface area contributed by atoms with Crippen molar-refractivity contribution in [1.82, 2.24) is 25.4 Å². The smallest absolute Gasteiger partial charge is 0.414 e. The highest BCUT2D eigenvalue weighted by Gasteiger charge is 2.33. The standard InChI is InChI=1S/C21H26FN7O3S/c1-3-18-24-19(26-25-18)20(33)28-8-6-27(7-9-28)17-5-4-14(10-16(17)22)29-12-15(32-21(29)31)11-23-13(2)30/h4-5,10,15H,3,6-9,11-12H2,1-2H3,(H,23,30)(H,24,25,26). The van der Waals surface area contributed by atoms with E-state index in [-0.39, 0.29) is 19.0 Å². The number of cyclic esters (lactones) is 1. The SMILES string of the molecule is CCc1nc(C(=S)N2CCN(c3ccc(N4CC(CNC(C)=O)OC4=O)cc3F)CC2)n[nH]1. The lowest BCUT2D eigenvalue weighted by molar-refractivity contribution is -0.119. The zero-order valence-corrected chi connectivity index (χ0v) is 19.3. The molecule has 3 heterocycles.